The minimum absolute atomic E-state index is 0.0995. The van der Waals surface area contributed by atoms with Crippen molar-refractivity contribution in [3.8, 4) is 0 Å². The van der Waals surface area contributed by atoms with Crippen molar-refractivity contribution in [2.75, 3.05) is 0 Å². The summed E-state index contributed by atoms with van der Waals surface area (Å²) in [6.07, 6.45) is 0. The molecule has 0 spiro atoms. The molecule has 0 saturated heterocycles. The molecule has 1 aromatic carbocycles. The van der Waals surface area contributed by atoms with Gasteiger partial charge in [0.05, 0.1) is 10.7 Å². The van der Waals surface area contributed by atoms with Crippen molar-refractivity contribution in [1.82, 2.24) is 4.72 Å². The van der Waals surface area contributed by atoms with Crippen molar-refractivity contribution in [2.45, 2.75) is 16.7 Å². The molecule has 0 atom stereocenters. The molecule has 0 aromatic heterocycles. The molecule has 0 bridgehead atoms. The number of halogens is 1. The summed E-state index contributed by atoms with van der Waals surface area (Å²) in [5, 5.41) is 0.380. The lowest BCUT2D eigenvalue weighted by atomic mass is 10.3. The fourth-order valence-corrected chi connectivity index (χ4v) is 2.92. The van der Waals surface area contributed by atoms with Crippen molar-refractivity contribution in [3.05, 3.63) is 17.2 Å². The van der Waals surface area contributed by atoms with Gasteiger partial charge in [-0.2, -0.15) is 0 Å². The van der Waals surface area contributed by atoms with E-state index < -0.39 is 10.0 Å². The smallest absolute Gasteiger partial charge is 0.264 e. The van der Waals surface area contributed by atoms with Crippen molar-refractivity contribution in [2.24, 2.45) is 4.99 Å². The van der Waals surface area contributed by atoms with Crippen LogP contribution in [0.2, 0.25) is 5.02 Å². The van der Waals surface area contributed by atoms with Gasteiger partial charge in [-0.15, -0.1) is 12.6 Å². The molecule has 0 radical (unpaired) electrons. The Labute approximate surface area is 97.8 Å². The van der Waals surface area contributed by atoms with Crippen LogP contribution in [0.25, 0.3) is 0 Å². The number of hydrogen-bond donors (Lipinski definition) is 2. The van der Waals surface area contributed by atoms with E-state index >= 15 is 0 Å². The first-order chi connectivity index (χ1) is 6.90. The maximum absolute atomic E-state index is 11.7. The fourth-order valence-electron chi connectivity index (χ4n) is 1.29. The molecule has 2 rings (SSSR count). The lowest BCUT2D eigenvalue weighted by molar-refractivity contribution is 0.591. The molecule has 0 aliphatic carbocycles. The van der Waals surface area contributed by atoms with Crippen LogP contribution in [-0.2, 0) is 10.0 Å². The van der Waals surface area contributed by atoms with E-state index in [0.29, 0.717) is 21.4 Å². The maximum atomic E-state index is 11.7. The molecule has 1 aliphatic heterocycles. The van der Waals surface area contributed by atoms with Crippen LogP contribution in [0.4, 0.5) is 5.69 Å². The second-order valence-corrected chi connectivity index (χ2v) is 5.61. The second kappa shape index (κ2) is 3.40. The number of benzene rings is 1. The van der Waals surface area contributed by atoms with Gasteiger partial charge >= 0.3 is 0 Å². The van der Waals surface area contributed by atoms with Gasteiger partial charge in [0.2, 0.25) is 0 Å². The zero-order chi connectivity index (χ0) is 11.2. The number of thiol groups is 1. The van der Waals surface area contributed by atoms with Crippen LogP contribution < -0.4 is 4.72 Å². The highest BCUT2D eigenvalue weighted by molar-refractivity contribution is 7.90. The van der Waals surface area contributed by atoms with Crippen molar-refractivity contribution < 1.29 is 8.42 Å². The Bertz CT molecular complexity index is 566. The Morgan fingerprint density at radius 2 is 2.13 bits per heavy atom. The van der Waals surface area contributed by atoms with Crippen LogP contribution in [0.3, 0.4) is 0 Å². The normalized spacial score (nSPS) is 17.7. The number of nitrogens with zero attached hydrogens (tertiary/aromatic N) is 1. The molecule has 15 heavy (non-hydrogen) atoms. The van der Waals surface area contributed by atoms with Crippen LogP contribution in [0.1, 0.15) is 6.92 Å². The Kier molecular flexibility index (Phi) is 2.44. The predicted molar refractivity (Wildman–Crippen MR) is 61.8 cm³/mol. The topological polar surface area (TPSA) is 58.5 Å². The highest BCUT2D eigenvalue weighted by Gasteiger charge is 2.24. The van der Waals surface area contributed by atoms with Gasteiger partial charge in [0.1, 0.15) is 10.7 Å². The summed E-state index contributed by atoms with van der Waals surface area (Å²) in [5.41, 5.74) is 0.342. The molecule has 0 unspecified atom stereocenters. The molecule has 1 aliphatic rings. The van der Waals surface area contributed by atoms with Gasteiger partial charge in [-0.3, -0.25) is 4.72 Å². The van der Waals surface area contributed by atoms with Gasteiger partial charge in [-0.05, 0) is 19.1 Å². The van der Waals surface area contributed by atoms with E-state index in [1.807, 2.05) is 0 Å². The summed E-state index contributed by atoms with van der Waals surface area (Å²) in [5.74, 6) is 0.325. The highest BCUT2D eigenvalue weighted by atomic mass is 35.5. The van der Waals surface area contributed by atoms with E-state index in [9.17, 15) is 8.42 Å². The zero-order valence-electron chi connectivity index (χ0n) is 7.65. The fraction of sp³-hybridized carbons (Fsp3) is 0.125. The maximum Gasteiger partial charge on any atom is 0.264 e. The lowest BCUT2D eigenvalue weighted by Crippen LogP contribution is -2.31. The SMILES string of the molecule is CC1=Nc2cc(Cl)c(S)cc2S(=O)(=O)N1. The van der Waals surface area contributed by atoms with E-state index in [1.165, 1.54) is 12.1 Å². The Morgan fingerprint density at radius 3 is 2.80 bits per heavy atom. The monoisotopic (exact) mass is 262 g/mol. The standard InChI is InChI=1S/C8H7ClN2O2S2/c1-4-10-6-2-5(9)7(14)3-8(6)15(12,13)11-4/h2-3,14H,1H3,(H,10,11). The molecule has 0 amide bonds. The van der Waals surface area contributed by atoms with Gasteiger partial charge in [0, 0.05) is 4.90 Å². The summed E-state index contributed by atoms with van der Waals surface area (Å²) in [4.78, 5) is 4.56. The molecule has 1 aromatic rings. The number of nitrogens with one attached hydrogen (secondary N) is 1. The van der Waals surface area contributed by atoms with E-state index in [1.54, 1.807) is 6.92 Å². The van der Waals surface area contributed by atoms with Crippen LogP contribution in [0.15, 0.2) is 26.9 Å². The molecule has 0 saturated carbocycles. The average Bonchev–Trinajstić information content (AvgIpc) is 2.07. The molecule has 4 nitrogen and oxygen atoms in total. The van der Waals surface area contributed by atoms with E-state index in [4.69, 9.17) is 11.6 Å². The third kappa shape index (κ3) is 1.84. The van der Waals surface area contributed by atoms with Gasteiger partial charge in [0.15, 0.2) is 0 Å². The van der Waals surface area contributed by atoms with Gasteiger partial charge in [0.25, 0.3) is 10.0 Å². The summed E-state index contributed by atoms with van der Waals surface area (Å²) in [6, 6.07) is 2.88. The third-order valence-electron chi connectivity index (χ3n) is 1.89. The van der Waals surface area contributed by atoms with Crippen LogP contribution >= 0.6 is 24.2 Å². The molecule has 0 fully saturated rings. The minimum Gasteiger partial charge on any atom is -0.267 e. The van der Waals surface area contributed by atoms with Crippen LogP contribution in [0.5, 0.6) is 0 Å². The van der Waals surface area contributed by atoms with Crippen LogP contribution in [-0.4, -0.2) is 14.3 Å². The van der Waals surface area contributed by atoms with Gasteiger partial charge in [-0.25, -0.2) is 13.4 Å². The van der Waals surface area contributed by atoms with Crippen LogP contribution in [0, 0.1) is 0 Å². The molecule has 1 heterocycles. The molecular weight excluding hydrogens is 256 g/mol. The Hall–Kier alpha value is -0.720. The quantitative estimate of drug-likeness (QED) is 0.703. The number of rotatable bonds is 0. The number of hydrogen-bond acceptors (Lipinski definition) is 4. The van der Waals surface area contributed by atoms with E-state index in [0.717, 1.165) is 0 Å². The largest absolute Gasteiger partial charge is 0.267 e. The first-order valence-electron chi connectivity index (χ1n) is 4.01. The highest BCUT2D eigenvalue weighted by Crippen LogP contribution is 2.34. The summed E-state index contributed by atoms with van der Waals surface area (Å²) in [7, 11) is -3.52. The molecular formula is C8H7ClN2O2S2. The number of aliphatic imine (C=N–C) groups is 1. The van der Waals surface area contributed by atoms with Gasteiger partial charge in [-0.1, -0.05) is 11.6 Å². The van der Waals surface area contributed by atoms with Crippen molar-refractivity contribution in [1.29, 1.82) is 0 Å². The lowest BCUT2D eigenvalue weighted by Gasteiger charge is -2.16. The van der Waals surface area contributed by atoms with Crippen molar-refractivity contribution >= 4 is 45.8 Å². The predicted octanol–water partition coefficient (Wildman–Crippen LogP) is 1.97. The number of sulfonamides is 1. The zero-order valence-corrected chi connectivity index (χ0v) is 10.1. The molecule has 80 valence electrons. The first-order valence-corrected chi connectivity index (χ1v) is 6.31. The third-order valence-corrected chi connectivity index (χ3v) is 4.17. The number of fused-ring (bicyclic) bond motifs is 1. The first kappa shape index (κ1) is 10.8. The van der Waals surface area contributed by atoms with Crippen molar-refractivity contribution in [3.63, 3.8) is 0 Å². The van der Waals surface area contributed by atoms with E-state index in [2.05, 4.69) is 22.3 Å². The second-order valence-electron chi connectivity index (χ2n) is 3.07. The summed E-state index contributed by atoms with van der Waals surface area (Å²) in [6.45, 7) is 1.57. The summed E-state index contributed by atoms with van der Waals surface area (Å²) < 4.78 is 25.7. The molecule has 7 heteroatoms. The number of amidine groups is 1. The van der Waals surface area contributed by atoms with Gasteiger partial charge < -0.3 is 0 Å². The summed E-state index contributed by atoms with van der Waals surface area (Å²) >= 11 is 9.89. The Balaban J connectivity index is 2.80. The molecule has 1 N–H and O–H groups in total. The van der Waals surface area contributed by atoms with E-state index in [-0.39, 0.29) is 4.90 Å². The average molecular weight is 263 g/mol. The Morgan fingerprint density at radius 1 is 1.47 bits per heavy atom. The minimum atomic E-state index is -3.52.